The largest absolute Gasteiger partial charge is 0.504 e. The van der Waals surface area contributed by atoms with Gasteiger partial charge in [-0.3, -0.25) is 4.79 Å². The lowest BCUT2D eigenvalue weighted by Crippen LogP contribution is -2.21. The van der Waals surface area contributed by atoms with Crippen molar-refractivity contribution in [3.63, 3.8) is 0 Å². The maximum absolute atomic E-state index is 12.0. The van der Waals surface area contributed by atoms with Crippen molar-refractivity contribution in [1.29, 1.82) is 0 Å². The van der Waals surface area contributed by atoms with Crippen LogP contribution < -0.4 is 0 Å². The van der Waals surface area contributed by atoms with E-state index < -0.39 is 0 Å². The monoisotopic (exact) mass is 365 g/mol. The third kappa shape index (κ3) is 4.00. The number of hydrogen-bond donors (Lipinski definition) is 1. The van der Waals surface area contributed by atoms with Crippen LogP contribution in [0.15, 0.2) is 9.90 Å². The van der Waals surface area contributed by atoms with Gasteiger partial charge in [0.15, 0.2) is 11.6 Å². The predicted octanol–water partition coefficient (Wildman–Crippen LogP) is 4.11. The molecule has 24 heavy (non-hydrogen) atoms. The van der Waals surface area contributed by atoms with Crippen LogP contribution in [0.1, 0.15) is 58.8 Å². The van der Waals surface area contributed by atoms with Crippen molar-refractivity contribution in [2.75, 3.05) is 6.26 Å². The minimum absolute atomic E-state index is 0.128. The number of nitrogens with zero attached hydrogens (tertiary/aromatic N) is 3. The van der Waals surface area contributed by atoms with Crippen LogP contribution in [0.5, 0.6) is 5.75 Å². The first kappa shape index (κ1) is 19.0. The quantitative estimate of drug-likeness (QED) is 0.755. The van der Waals surface area contributed by atoms with Gasteiger partial charge in [0.05, 0.1) is 16.3 Å². The van der Waals surface area contributed by atoms with E-state index in [1.165, 1.54) is 23.5 Å². The molecule has 1 amide bonds. The molecule has 0 saturated heterocycles. The number of aliphatic imine (C=N–C) groups is 1. The Morgan fingerprint density at radius 1 is 1.04 bits per heavy atom. The average Bonchev–Trinajstić information content (AvgIpc) is 2.78. The van der Waals surface area contributed by atoms with Gasteiger partial charge >= 0.3 is 0 Å². The topological polar surface area (TPSA) is 75.4 Å². The zero-order valence-electron chi connectivity index (χ0n) is 15.1. The van der Waals surface area contributed by atoms with Gasteiger partial charge in [0.1, 0.15) is 4.38 Å². The van der Waals surface area contributed by atoms with E-state index in [1.807, 2.05) is 47.8 Å². The lowest BCUT2D eigenvalue weighted by atomic mass is 9.85. The minimum Gasteiger partial charge on any atom is -0.504 e. The van der Waals surface area contributed by atoms with Gasteiger partial charge in [-0.25, -0.2) is 9.97 Å². The molecule has 0 atom stereocenters. The lowest BCUT2D eigenvalue weighted by molar-refractivity contribution is -0.113. The molecule has 1 aliphatic heterocycles. The number of amides is 1. The summed E-state index contributed by atoms with van der Waals surface area (Å²) in [7, 11) is 0. The van der Waals surface area contributed by atoms with E-state index in [0.29, 0.717) is 22.1 Å². The summed E-state index contributed by atoms with van der Waals surface area (Å²) in [6.07, 6.45) is 3.54. The van der Waals surface area contributed by atoms with Crippen molar-refractivity contribution in [2.24, 2.45) is 4.99 Å². The van der Waals surface area contributed by atoms with E-state index in [0.717, 1.165) is 4.38 Å². The van der Waals surface area contributed by atoms with Gasteiger partial charge in [0, 0.05) is 16.9 Å². The number of rotatable bonds is 1. The standard InChI is InChI=1S/C17H23N3O2S2/c1-16(2,3)12-11(21)13(17(4,5)6)19-10(18-12)8-9-14(22)20-15(23-7)24-9/h8,21H,1-7H3/b9-8-. The fourth-order valence-corrected chi connectivity index (χ4v) is 3.57. The molecule has 5 nitrogen and oxygen atoms in total. The second-order valence-corrected chi connectivity index (χ2v) is 9.71. The molecule has 0 bridgehead atoms. The highest BCUT2D eigenvalue weighted by Crippen LogP contribution is 2.37. The fourth-order valence-electron chi connectivity index (χ4n) is 2.18. The van der Waals surface area contributed by atoms with E-state index in [1.54, 1.807) is 6.08 Å². The summed E-state index contributed by atoms with van der Waals surface area (Å²) in [6.45, 7) is 11.9. The summed E-state index contributed by atoms with van der Waals surface area (Å²) in [4.78, 5) is 25.5. The van der Waals surface area contributed by atoms with E-state index in [-0.39, 0.29) is 22.5 Å². The van der Waals surface area contributed by atoms with Crippen LogP contribution in [0.2, 0.25) is 0 Å². The first-order valence-corrected chi connectivity index (χ1v) is 9.66. The van der Waals surface area contributed by atoms with Crippen molar-refractivity contribution in [3.05, 3.63) is 22.1 Å². The van der Waals surface area contributed by atoms with Crippen LogP contribution in [-0.2, 0) is 15.6 Å². The van der Waals surface area contributed by atoms with Crippen LogP contribution in [0, 0.1) is 0 Å². The zero-order valence-corrected chi connectivity index (χ0v) is 16.7. The molecule has 1 N–H and O–H groups in total. The Labute approximate surface area is 151 Å². The number of thioether (sulfide) groups is 2. The molecular weight excluding hydrogens is 342 g/mol. The van der Waals surface area contributed by atoms with Gasteiger partial charge in [-0.1, -0.05) is 53.3 Å². The van der Waals surface area contributed by atoms with Crippen molar-refractivity contribution < 1.29 is 9.90 Å². The first-order valence-electron chi connectivity index (χ1n) is 7.62. The second-order valence-electron chi connectivity index (χ2n) is 7.63. The number of aromatic nitrogens is 2. The Bertz CT molecular complexity index is 706. The van der Waals surface area contributed by atoms with Crippen molar-refractivity contribution in [2.45, 2.75) is 52.4 Å². The summed E-state index contributed by atoms with van der Waals surface area (Å²) < 4.78 is 0.720. The molecule has 0 radical (unpaired) electrons. The molecule has 0 unspecified atom stereocenters. The Balaban J connectivity index is 2.58. The average molecular weight is 366 g/mol. The smallest absolute Gasteiger partial charge is 0.285 e. The number of aromatic hydroxyl groups is 1. The molecule has 1 aliphatic rings. The third-order valence-corrected chi connectivity index (χ3v) is 5.33. The van der Waals surface area contributed by atoms with Crippen LogP contribution >= 0.6 is 23.5 Å². The summed E-state index contributed by atoms with van der Waals surface area (Å²) in [5, 5.41) is 10.6. The van der Waals surface area contributed by atoms with Crippen LogP contribution in [0.4, 0.5) is 0 Å². The molecule has 7 heteroatoms. The molecule has 1 aromatic rings. The maximum Gasteiger partial charge on any atom is 0.285 e. The molecule has 0 spiro atoms. The minimum atomic E-state index is -0.339. The highest BCUT2D eigenvalue weighted by atomic mass is 32.2. The lowest BCUT2D eigenvalue weighted by Gasteiger charge is -2.25. The highest BCUT2D eigenvalue weighted by molar-refractivity contribution is 8.40. The first-order chi connectivity index (χ1) is 10.9. The van der Waals surface area contributed by atoms with Crippen molar-refractivity contribution in [1.82, 2.24) is 9.97 Å². The molecule has 130 valence electrons. The fraction of sp³-hybridized carbons (Fsp3) is 0.529. The van der Waals surface area contributed by atoms with Crippen molar-refractivity contribution >= 4 is 39.9 Å². The molecule has 0 fully saturated rings. The van der Waals surface area contributed by atoms with Gasteiger partial charge in [0.25, 0.3) is 5.91 Å². The zero-order chi connectivity index (χ0) is 18.3. The predicted molar refractivity (Wildman–Crippen MR) is 103 cm³/mol. The van der Waals surface area contributed by atoms with Gasteiger partial charge in [-0.2, -0.15) is 4.99 Å². The molecule has 0 saturated carbocycles. The maximum atomic E-state index is 12.0. The normalized spacial score (nSPS) is 17.5. The van der Waals surface area contributed by atoms with Gasteiger partial charge < -0.3 is 5.11 Å². The van der Waals surface area contributed by atoms with Crippen LogP contribution in [-0.4, -0.2) is 31.6 Å². The van der Waals surface area contributed by atoms with E-state index in [9.17, 15) is 9.90 Å². The van der Waals surface area contributed by atoms with Crippen LogP contribution in [0.3, 0.4) is 0 Å². The molecule has 2 rings (SSSR count). The number of hydrogen-bond acceptors (Lipinski definition) is 6. The summed E-state index contributed by atoms with van der Waals surface area (Å²) in [5.41, 5.74) is 0.480. The van der Waals surface area contributed by atoms with Crippen LogP contribution in [0.25, 0.3) is 6.08 Å². The highest BCUT2D eigenvalue weighted by Gasteiger charge is 2.30. The van der Waals surface area contributed by atoms with E-state index in [4.69, 9.17) is 0 Å². The summed E-state index contributed by atoms with van der Waals surface area (Å²) >= 11 is 2.76. The molecule has 1 aromatic heterocycles. The van der Waals surface area contributed by atoms with Crippen molar-refractivity contribution in [3.8, 4) is 5.75 Å². The Hall–Kier alpha value is -1.34. The van der Waals surface area contributed by atoms with Gasteiger partial charge in [-0.15, -0.1) is 11.8 Å². The van der Waals surface area contributed by atoms with Gasteiger partial charge in [-0.05, 0) is 6.26 Å². The Kier molecular flexibility index (Phi) is 5.16. The third-order valence-electron chi connectivity index (χ3n) is 3.36. The molecular formula is C17H23N3O2S2. The van der Waals surface area contributed by atoms with Gasteiger partial charge in [0.2, 0.25) is 0 Å². The van der Waals surface area contributed by atoms with E-state index >= 15 is 0 Å². The molecule has 0 aliphatic carbocycles. The Morgan fingerprint density at radius 2 is 1.54 bits per heavy atom. The van der Waals surface area contributed by atoms with E-state index in [2.05, 4.69) is 15.0 Å². The summed E-state index contributed by atoms with van der Waals surface area (Å²) in [6, 6.07) is 0. The molecule has 0 aromatic carbocycles. The second kappa shape index (κ2) is 6.52. The summed E-state index contributed by atoms with van der Waals surface area (Å²) in [5.74, 6) is 0.287. The number of carbonyl (C=O) groups excluding carboxylic acids is 1. The molecule has 2 heterocycles. The SMILES string of the molecule is CSC1=NC(=O)/C(=C/c2nc(C(C)(C)C)c(O)c(C(C)(C)C)n2)S1. The Morgan fingerprint density at radius 3 is 1.92 bits per heavy atom. The number of carbonyl (C=O) groups is 1.